The van der Waals surface area contributed by atoms with E-state index in [0.717, 1.165) is 36.8 Å². The molecule has 1 unspecified atom stereocenters. The van der Waals surface area contributed by atoms with E-state index in [1.807, 2.05) is 48.5 Å². The van der Waals surface area contributed by atoms with Gasteiger partial charge in [0, 0.05) is 24.2 Å². The van der Waals surface area contributed by atoms with Crippen LogP contribution in [0.15, 0.2) is 59.5 Å². The summed E-state index contributed by atoms with van der Waals surface area (Å²) in [6.07, 6.45) is 4.17. The Morgan fingerprint density at radius 3 is 2.32 bits per heavy atom. The molecular formula is C25H32N2O3S. The quantitative estimate of drug-likeness (QED) is 0.600. The molecule has 0 saturated carbocycles. The maximum Gasteiger partial charge on any atom is 0.270 e. The molecule has 1 aliphatic heterocycles. The predicted molar refractivity (Wildman–Crippen MR) is 127 cm³/mol. The van der Waals surface area contributed by atoms with Gasteiger partial charge in [0.15, 0.2) is 4.91 Å². The molecule has 1 atom stereocenters. The Morgan fingerprint density at radius 1 is 1.00 bits per heavy atom. The summed E-state index contributed by atoms with van der Waals surface area (Å²) in [4.78, 5) is 13.2. The molecule has 0 radical (unpaired) electrons. The summed E-state index contributed by atoms with van der Waals surface area (Å²) in [7, 11) is -3.99. The number of amides is 1. The molecule has 0 spiro atoms. The summed E-state index contributed by atoms with van der Waals surface area (Å²) in [5.74, 6) is -0.188. The first-order valence-electron chi connectivity index (χ1n) is 11.2. The highest BCUT2D eigenvalue weighted by Crippen LogP contribution is 2.42. The number of benzene rings is 2. The molecule has 0 bridgehead atoms. The van der Waals surface area contributed by atoms with Crippen LogP contribution in [0, 0.1) is 5.92 Å². The lowest BCUT2D eigenvalue weighted by Gasteiger charge is -2.33. The van der Waals surface area contributed by atoms with Crippen molar-refractivity contribution in [3.05, 3.63) is 70.6 Å². The molecule has 0 aliphatic carbocycles. The standard InChI is InChI=1S/C25H32N2O3S/c1-4-7-13-19(5-2)18-26-25(28)24-23(20-14-9-8-10-15-20)21-16-11-12-17-22(21)27(6-3)31(24,29)30/h8-12,14-17,19H,4-7,13,18H2,1-3H3,(H,26,28). The second-order valence-corrected chi connectivity index (χ2v) is 9.68. The van der Waals surface area contributed by atoms with Crippen LogP contribution in [0.25, 0.3) is 5.57 Å². The Hall–Kier alpha value is -2.60. The number of rotatable bonds is 9. The van der Waals surface area contributed by atoms with Gasteiger partial charge in [-0.25, -0.2) is 8.42 Å². The fraction of sp³-hybridized carbons (Fsp3) is 0.400. The van der Waals surface area contributed by atoms with Gasteiger partial charge in [0.1, 0.15) is 0 Å². The first-order valence-corrected chi connectivity index (χ1v) is 12.6. The van der Waals surface area contributed by atoms with Crippen LogP contribution in [0.1, 0.15) is 57.6 Å². The van der Waals surface area contributed by atoms with Crippen molar-refractivity contribution >= 4 is 27.2 Å². The maximum absolute atomic E-state index is 13.6. The van der Waals surface area contributed by atoms with Gasteiger partial charge >= 0.3 is 0 Å². The molecule has 0 fully saturated rings. The van der Waals surface area contributed by atoms with Gasteiger partial charge in [-0.1, -0.05) is 81.6 Å². The third-order valence-electron chi connectivity index (χ3n) is 5.87. The monoisotopic (exact) mass is 440 g/mol. The number of sulfonamides is 1. The number of unbranched alkanes of at least 4 members (excludes halogenated alkanes) is 1. The van der Waals surface area contributed by atoms with Gasteiger partial charge in [0.05, 0.1) is 5.69 Å². The van der Waals surface area contributed by atoms with Crippen molar-refractivity contribution in [1.82, 2.24) is 5.32 Å². The molecule has 0 aromatic heterocycles. The summed E-state index contributed by atoms with van der Waals surface area (Å²) in [6.45, 7) is 6.77. The highest BCUT2D eigenvalue weighted by atomic mass is 32.2. The van der Waals surface area contributed by atoms with Crippen molar-refractivity contribution < 1.29 is 13.2 Å². The lowest BCUT2D eigenvalue weighted by molar-refractivity contribution is -0.117. The second kappa shape index (κ2) is 10.1. The molecule has 166 valence electrons. The van der Waals surface area contributed by atoms with Crippen LogP contribution in [0.3, 0.4) is 0 Å². The lowest BCUT2D eigenvalue weighted by atomic mass is 9.95. The van der Waals surface area contributed by atoms with Crippen LogP contribution in [-0.4, -0.2) is 27.4 Å². The van der Waals surface area contributed by atoms with Crippen LogP contribution < -0.4 is 9.62 Å². The van der Waals surface area contributed by atoms with E-state index in [0.29, 0.717) is 23.7 Å². The van der Waals surface area contributed by atoms with Crippen LogP contribution >= 0.6 is 0 Å². The number of fused-ring (bicyclic) bond motifs is 1. The van der Waals surface area contributed by atoms with E-state index >= 15 is 0 Å². The second-order valence-electron chi connectivity index (χ2n) is 7.88. The molecule has 31 heavy (non-hydrogen) atoms. The minimum atomic E-state index is -3.99. The van der Waals surface area contributed by atoms with Crippen molar-refractivity contribution in [3.63, 3.8) is 0 Å². The lowest BCUT2D eigenvalue weighted by Crippen LogP contribution is -2.42. The van der Waals surface area contributed by atoms with E-state index in [1.54, 1.807) is 13.0 Å². The van der Waals surface area contributed by atoms with Gasteiger partial charge in [-0.05, 0) is 30.9 Å². The van der Waals surface area contributed by atoms with Crippen LogP contribution in [0.5, 0.6) is 0 Å². The average Bonchev–Trinajstić information content (AvgIpc) is 2.78. The minimum Gasteiger partial charge on any atom is -0.351 e. The van der Waals surface area contributed by atoms with Gasteiger partial charge in [0.25, 0.3) is 15.9 Å². The number of nitrogens with zero attached hydrogens (tertiary/aromatic N) is 1. The zero-order chi connectivity index (χ0) is 22.4. The van der Waals surface area contributed by atoms with Crippen molar-refractivity contribution in [2.75, 3.05) is 17.4 Å². The number of para-hydroxylation sites is 1. The third-order valence-corrected chi connectivity index (χ3v) is 7.81. The first-order chi connectivity index (χ1) is 15.0. The van der Waals surface area contributed by atoms with Crippen LogP contribution in [0.2, 0.25) is 0 Å². The Balaban J connectivity index is 2.12. The van der Waals surface area contributed by atoms with E-state index in [4.69, 9.17) is 0 Å². The van der Waals surface area contributed by atoms with E-state index in [1.165, 1.54) is 4.31 Å². The zero-order valence-electron chi connectivity index (χ0n) is 18.6. The Kier molecular flexibility index (Phi) is 7.55. The predicted octanol–water partition coefficient (Wildman–Crippen LogP) is 4.95. The summed E-state index contributed by atoms with van der Waals surface area (Å²) < 4.78 is 28.6. The number of hydrogen-bond donors (Lipinski definition) is 1. The van der Waals surface area contributed by atoms with Gasteiger partial charge in [-0.2, -0.15) is 0 Å². The highest BCUT2D eigenvalue weighted by Gasteiger charge is 2.40. The molecule has 6 heteroatoms. The topological polar surface area (TPSA) is 66.5 Å². The summed E-state index contributed by atoms with van der Waals surface area (Å²) >= 11 is 0. The largest absolute Gasteiger partial charge is 0.351 e. The number of nitrogens with one attached hydrogen (secondary N) is 1. The smallest absolute Gasteiger partial charge is 0.270 e. The first kappa shape index (κ1) is 23.1. The molecule has 5 nitrogen and oxygen atoms in total. The Bertz CT molecular complexity index is 1050. The molecule has 1 aliphatic rings. The summed E-state index contributed by atoms with van der Waals surface area (Å²) in [6, 6.07) is 16.7. The van der Waals surface area contributed by atoms with Gasteiger partial charge < -0.3 is 5.32 Å². The molecule has 1 N–H and O–H groups in total. The van der Waals surface area contributed by atoms with Gasteiger partial charge in [-0.15, -0.1) is 0 Å². The third kappa shape index (κ3) is 4.69. The van der Waals surface area contributed by atoms with Crippen molar-refractivity contribution in [2.24, 2.45) is 5.92 Å². The molecule has 1 amide bonds. The SMILES string of the molecule is CCCCC(CC)CNC(=O)C1=C(c2ccccc2)c2ccccc2N(CC)S1(=O)=O. The maximum atomic E-state index is 13.6. The number of hydrogen-bond acceptors (Lipinski definition) is 3. The molecule has 1 heterocycles. The van der Waals surface area contributed by atoms with Gasteiger partial charge in [0.2, 0.25) is 0 Å². The van der Waals surface area contributed by atoms with E-state index < -0.39 is 15.9 Å². The Morgan fingerprint density at radius 2 is 1.68 bits per heavy atom. The fourth-order valence-electron chi connectivity index (χ4n) is 4.12. The van der Waals surface area contributed by atoms with Crippen molar-refractivity contribution in [2.45, 2.75) is 46.5 Å². The fourth-order valence-corrected chi connectivity index (χ4v) is 5.89. The minimum absolute atomic E-state index is 0.162. The highest BCUT2D eigenvalue weighted by molar-refractivity contribution is 7.97. The summed E-state index contributed by atoms with van der Waals surface area (Å²) in [5.41, 5.74) is 2.56. The molecular weight excluding hydrogens is 408 g/mol. The number of anilines is 1. The van der Waals surface area contributed by atoms with E-state index in [9.17, 15) is 13.2 Å². The molecule has 0 saturated heterocycles. The van der Waals surface area contributed by atoms with Crippen LogP contribution in [0.4, 0.5) is 5.69 Å². The number of carbonyl (C=O) groups is 1. The summed E-state index contributed by atoms with van der Waals surface area (Å²) in [5, 5.41) is 2.94. The van der Waals surface area contributed by atoms with Crippen LogP contribution in [-0.2, 0) is 14.8 Å². The van der Waals surface area contributed by atoms with E-state index in [-0.39, 0.29) is 11.4 Å². The Labute approximate surface area is 186 Å². The molecule has 2 aromatic carbocycles. The molecule has 2 aromatic rings. The molecule has 3 rings (SSSR count). The normalized spacial score (nSPS) is 16.0. The zero-order valence-corrected chi connectivity index (χ0v) is 19.4. The van der Waals surface area contributed by atoms with Crippen molar-refractivity contribution in [3.8, 4) is 0 Å². The van der Waals surface area contributed by atoms with E-state index in [2.05, 4.69) is 19.2 Å². The number of carbonyl (C=O) groups excluding carboxylic acids is 1. The van der Waals surface area contributed by atoms with Gasteiger partial charge in [-0.3, -0.25) is 9.10 Å². The van der Waals surface area contributed by atoms with Crippen molar-refractivity contribution in [1.29, 1.82) is 0 Å². The average molecular weight is 441 g/mol.